The lowest BCUT2D eigenvalue weighted by Crippen LogP contribution is -2.44. The maximum Gasteiger partial charge on any atom is 0.319 e. The number of benzene rings is 1. The fraction of sp³-hybridized carbons (Fsp3) is 0.632. The van der Waals surface area contributed by atoms with Crippen LogP contribution >= 0.6 is 0 Å². The summed E-state index contributed by atoms with van der Waals surface area (Å²) in [5, 5.41) is 16.5. The summed E-state index contributed by atoms with van der Waals surface area (Å²) in [7, 11) is 0. The third kappa shape index (κ3) is 4.96. The Hall–Kier alpha value is -1.55. The second kappa shape index (κ2) is 7.82. The van der Waals surface area contributed by atoms with Crippen molar-refractivity contribution in [3.05, 3.63) is 29.3 Å². The maximum atomic E-state index is 12.3. The van der Waals surface area contributed by atoms with Crippen molar-refractivity contribution in [2.24, 2.45) is 0 Å². The molecule has 0 aromatic heterocycles. The molecule has 1 aliphatic rings. The minimum Gasteiger partial charge on any atom is -0.388 e. The van der Waals surface area contributed by atoms with Crippen LogP contribution in [0.25, 0.3) is 0 Å². The molecule has 1 aromatic rings. The van der Waals surface area contributed by atoms with Gasteiger partial charge in [-0.2, -0.15) is 0 Å². The van der Waals surface area contributed by atoms with E-state index in [1.807, 2.05) is 25.1 Å². The lowest BCUT2D eigenvalue weighted by Gasteiger charge is -2.27. The second-order valence-corrected chi connectivity index (χ2v) is 7.14. The number of anilines is 1. The molecule has 4 heteroatoms. The van der Waals surface area contributed by atoms with Crippen LogP contribution in [0.5, 0.6) is 0 Å². The molecule has 4 nitrogen and oxygen atoms in total. The van der Waals surface area contributed by atoms with Gasteiger partial charge in [-0.15, -0.1) is 0 Å². The van der Waals surface area contributed by atoms with E-state index in [1.54, 1.807) is 0 Å². The highest BCUT2D eigenvalue weighted by atomic mass is 16.3. The van der Waals surface area contributed by atoms with Gasteiger partial charge >= 0.3 is 6.03 Å². The first-order valence-electron chi connectivity index (χ1n) is 8.78. The molecule has 2 rings (SSSR count). The minimum atomic E-state index is -0.750. The Kier molecular flexibility index (Phi) is 6.05. The number of hydrogen-bond donors (Lipinski definition) is 3. The monoisotopic (exact) mass is 318 g/mol. The zero-order chi connectivity index (χ0) is 16.9. The van der Waals surface area contributed by atoms with E-state index in [9.17, 15) is 9.90 Å². The molecular weight excluding hydrogens is 288 g/mol. The van der Waals surface area contributed by atoms with Crippen LogP contribution in [0.4, 0.5) is 10.5 Å². The molecule has 0 bridgehead atoms. The maximum absolute atomic E-state index is 12.3. The molecule has 0 spiro atoms. The molecule has 23 heavy (non-hydrogen) atoms. The number of carbonyl (C=O) groups excluding carboxylic acids is 1. The summed E-state index contributed by atoms with van der Waals surface area (Å²) in [5.74, 6) is 0.344. The van der Waals surface area contributed by atoms with E-state index in [0.717, 1.165) is 42.5 Å². The number of rotatable bonds is 4. The molecule has 2 amide bonds. The average molecular weight is 318 g/mol. The summed E-state index contributed by atoms with van der Waals surface area (Å²) in [4.78, 5) is 12.3. The van der Waals surface area contributed by atoms with Crippen molar-refractivity contribution < 1.29 is 9.90 Å². The highest BCUT2D eigenvalue weighted by Crippen LogP contribution is 2.28. The van der Waals surface area contributed by atoms with Crippen LogP contribution in [0, 0.1) is 6.92 Å². The van der Waals surface area contributed by atoms with Crippen molar-refractivity contribution in [1.82, 2.24) is 5.32 Å². The van der Waals surface area contributed by atoms with Crippen molar-refractivity contribution in [2.45, 2.75) is 70.8 Å². The summed E-state index contributed by atoms with van der Waals surface area (Å²) in [6.07, 6.45) is 5.97. The van der Waals surface area contributed by atoms with Gasteiger partial charge in [-0.1, -0.05) is 57.7 Å². The SMILES string of the molecule is Cc1cccc(C(C)C)c1NC(=O)NCC1(O)CCCCCC1. The standard InChI is InChI=1S/C19H30N2O2/c1-14(2)16-10-8-9-15(3)17(16)21-18(22)20-13-19(23)11-6-4-5-7-12-19/h8-10,14,23H,4-7,11-13H2,1-3H3,(H2,20,21,22). The molecule has 0 atom stereocenters. The van der Waals surface area contributed by atoms with Crippen LogP contribution in [0.15, 0.2) is 18.2 Å². The number of aliphatic hydroxyl groups is 1. The first-order valence-corrected chi connectivity index (χ1v) is 8.78. The van der Waals surface area contributed by atoms with Gasteiger partial charge in [0.1, 0.15) is 0 Å². The Labute approximate surface area is 139 Å². The molecule has 1 aromatic carbocycles. The van der Waals surface area contributed by atoms with Crippen molar-refractivity contribution >= 4 is 11.7 Å². The van der Waals surface area contributed by atoms with E-state index in [4.69, 9.17) is 0 Å². The van der Waals surface area contributed by atoms with Crippen LogP contribution in [0.3, 0.4) is 0 Å². The topological polar surface area (TPSA) is 61.4 Å². The quantitative estimate of drug-likeness (QED) is 0.724. The smallest absolute Gasteiger partial charge is 0.319 e. The van der Waals surface area contributed by atoms with Crippen LogP contribution in [0.1, 0.15) is 69.4 Å². The number of carbonyl (C=O) groups is 1. The Bertz CT molecular complexity index is 532. The molecular formula is C19H30N2O2. The van der Waals surface area contributed by atoms with E-state index < -0.39 is 5.60 Å². The molecule has 0 unspecified atom stereocenters. The van der Waals surface area contributed by atoms with Crippen LogP contribution in [-0.2, 0) is 0 Å². The van der Waals surface area contributed by atoms with Crippen molar-refractivity contribution in [3.63, 3.8) is 0 Å². The van der Waals surface area contributed by atoms with E-state index in [-0.39, 0.29) is 6.03 Å². The first-order chi connectivity index (χ1) is 10.9. The lowest BCUT2D eigenvalue weighted by molar-refractivity contribution is 0.0281. The molecule has 1 saturated carbocycles. The number of hydrogen-bond acceptors (Lipinski definition) is 2. The van der Waals surface area contributed by atoms with Gasteiger partial charge in [0.15, 0.2) is 0 Å². The number of nitrogens with one attached hydrogen (secondary N) is 2. The van der Waals surface area contributed by atoms with Crippen molar-refractivity contribution in [2.75, 3.05) is 11.9 Å². The lowest BCUT2D eigenvalue weighted by atomic mass is 9.94. The Morgan fingerprint density at radius 3 is 2.48 bits per heavy atom. The van der Waals surface area contributed by atoms with Gasteiger partial charge < -0.3 is 15.7 Å². The third-order valence-corrected chi connectivity index (χ3v) is 4.78. The first kappa shape index (κ1) is 17.8. The van der Waals surface area contributed by atoms with Gasteiger partial charge in [0.05, 0.1) is 5.60 Å². The molecule has 0 saturated heterocycles. The van der Waals surface area contributed by atoms with Gasteiger partial charge in [0.25, 0.3) is 0 Å². The van der Waals surface area contributed by atoms with Crippen LogP contribution in [0.2, 0.25) is 0 Å². The highest BCUT2D eigenvalue weighted by Gasteiger charge is 2.28. The number of aryl methyl sites for hydroxylation is 1. The molecule has 1 aliphatic carbocycles. The van der Waals surface area contributed by atoms with Crippen molar-refractivity contribution in [1.29, 1.82) is 0 Å². The van der Waals surface area contributed by atoms with Crippen LogP contribution < -0.4 is 10.6 Å². The largest absolute Gasteiger partial charge is 0.388 e. The molecule has 0 aliphatic heterocycles. The number of urea groups is 1. The normalized spacial score (nSPS) is 17.6. The van der Waals surface area contributed by atoms with Gasteiger partial charge in [0, 0.05) is 12.2 Å². The fourth-order valence-corrected chi connectivity index (χ4v) is 3.31. The zero-order valence-corrected chi connectivity index (χ0v) is 14.6. The molecule has 0 radical (unpaired) electrons. The second-order valence-electron chi connectivity index (χ2n) is 7.14. The van der Waals surface area contributed by atoms with E-state index in [0.29, 0.717) is 12.5 Å². The summed E-state index contributed by atoms with van der Waals surface area (Å²) < 4.78 is 0. The van der Waals surface area contributed by atoms with Gasteiger partial charge in [-0.3, -0.25) is 0 Å². The van der Waals surface area contributed by atoms with E-state index >= 15 is 0 Å². The zero-order valence-electron chi connectivity index (χ0n) is 14.6. The Morgan fingerprint density at radius 1 is 1.22 bits per heavy atom. The summed E-state index contributed by atoms with van der Waals surface area (Å²) >= 11 is 0. The number of amides is 2. The molecule has 0 heterocycles. The van der Waals surface area contributed by atoms with E-state index in [2.05, 4.69) is 24.5 Å². The predicted molar refractivity (Wildman–Crippen MR) is 94.9 cm³/mol. The summed E-state index contributed by atoms with van der Waals surface area (Å²) in [5.41, 5.74) is 2.32. The predicted octanol–water partition coefficient (Wildman–Crippen LogP) is 4.33. The summed E-state index contributed by atoms with van der Waals surface area (Å²) in [6, 6.07) is 5.83. The average Bonchev–Trinajstić information content (AvgIpc) is 2.72. The molecule has 128 valence electrons. The highest BCUT2D eigenvalue weighted by molar-refractivity contribution is 5.91. The third-order valence-electron chi connectivity index (χ3n) is 4.78. The van der Waals surface area contributed by atoms with Crippen molar-refractivity contribution in [3.8, 4) is 0 Å². The Morgan fingerprint density at radius 2 is 1.87 bits per heavy atom. The van der Waals surface area contributed by atoms with E-state index in [1.165, 1.54) is 12.8 Å². The fourth-order valence-electron chi connectivity index (χ4n) is 3.31. The molecule has 3 N–H and O–H groups in total. The van der Waals surface area contributed by atoms with Gasteiger partial charge in [-0.25, -0.2) is 4.79 Å². The molecule has 1 fully saturated rings. The summed E-state index contributed by atoms with van der Waals surface area (Å²) in [6.45, 7) is 6.56. The van der Waals surface area contributed by atoms with Crippen LogP contribution in [-0.4, -0.2) is 23.3 Å². The van der Waals surface area contributed by atoms with Gasteiger partial charge in [0.2, 0.25) is 0 Å². The number of para-hydroxylation sites is 1. The minimum absolute atomic E-state index is 0.237. The Balaban J connectivity index is 1.97. The van der Waals surface area contributed by atoms with Gasteiger partial charge in [-0.05, 0) is 36.8 Å².